The van der Waals surface area contributed by atoms with Crippen LogP contribution in [0.3, 0.4) is 0 Å². The van der Waals surface area contributed by atoms with Crippen LogP contribution in [0.2, 0.25) is 0 Å². The number of benzene rings is 1. The van der Waals surface area contributed by atoms with E-state index in [-0.39, 0.29) is 11.7 Å². The van der Waals surface area contributed by atoms with Crippen LogP contribution in [0.5, 0.6) is 0 Å². The molecule has 1 aromatic rings. The molecule has 1 aromatic carbocycles. The molecular formula is C13H17F3N2. The number of halogens is 3. The van der Waals surface area contributed by atoms with Gasteiger partial charge in [-0.25, -0.2) is 13.2 Å². The van der Waals surface area contributed by atoms with E-state index in [0.29, 0.717) is 12.0 Å². The molecule has 0 bridgehead atoms. The van der Waals surface area contributed by atoms with Gasteiger partial charge in [0.25, 0.3) is 0 Å². The van der Waals surface area contributed by atoms with Gasteiger partial charge in [-0.2, -0.15) is 0 Å². The summed E-state index contributed by atoms with van der Waals surface area (Å²) >= 11 is 0. The third-order valence-electron chi connectivity index (χ3n) is 3.48. The summed E-state index contributed by atoms with van der Waals surface area (Å²) in [6.07, 6.45) is 2.00. The molecule has 2 rings (SSSR count). The van der Waals surface area contributed by atoms with E-state index >= 15 is 0 Å². The second-order valence-corrected chi connectivity index (χ2v) is 4.77. The Labute approximate surface area is 105 Å². The highest BCUT2D eigenvalue weighted by Crippen LogP contribution is 2.23. The fraction of sp³-hybridized carbons (Fsp3) is 0.538. The smallest absolute Gasteiger partial charge is 0.161 e. The van der Waals surface area contributed by atoms with Gasteiger partial charge < -0.3 is 10.6 Å². The van der Waals surface area contributed by atoms with E-state index < -0.39 is 17.5 Å². The minimum absolute atomic E-state index is 0.0277. The van der Waals surface area contributed by atoms with Crippen LogP contribution >= 0.6 is 0 Å². The lowest BCUT2D eigenvalue weighted by molar-refractivity contribution is 0.342. The average Bonchev–Trinajstić information content (AvgIpc) is 2.37. The van der Waals surface area contributed by atoms with Gasteiger partial charge in [-0.15, -0.1) is 0 Å². The Morgan fingerprint density at radius 2 is 1.72 bits per heavy atom. The van der Waals surface area contributed by atoms with Gasteiger partial charge >= 0.3 is 0 Å². The Bertz CT molecular complexity index is 417. The van der Waals surface area contributed by atoms with E-state index in [0.717, 1.165) is 32.0 Å². The number of hydrogen-bond acceptors (Lipinski definition) is 2. The third kappa shape index (κ3) is 2.96. The molecule has 1 heterocycles. The Kier molecular flexibility index (Phi) is 4.11. The van der Waals surface area contributed by atoms with E-state index in [2.05, 4.69) is 10.6 Å². The second-order valence-electron chi connectivity index (χ2n) is 4.77. The molecule has 5 heteroatoms. The summed E-state index contributed by atoms with van der Waals surface area (Å²) < 4.78 is 39.3. The Balaban J connectivity index is 2.06. The zero-order chi connectivity index (χ0) is 13.1. The fourth-order valence-electron chi connectivity index (χ4n) is 2.34. The molecule has 100 valence electrons. The maximum atomic E-state index is 13.5. The molecule has 0 aliphatic carbocycles. The summed E-state index contributed by atoms with van der Waals surface area (Å²) in [6.45, 7) is 3.82. The Morgan fingerprint density at radius 1 is 1.11 bits per heavy atom. The van der Waals surface area contributed by atoms with Crippen molar-refractivity contribution in [3.63, 3.8) is 0 Å². The Morgan fingerprint density at radius 3 is 2.39 bits per heavy atom. The summed E-state index contributed by atoms with van der Waals surface area (Å²) in [7, 11) is 0. The maximum absolute atomic E-state index is 13.5. The first-order chi connectivity index (χ1) is 8.58. The monoisotopic (exact) mass is 258 g/mol. The van der Waals surface area contributed by atoms with E-state index in [4.69, 9.17) is 0 Å². The lowest BCUT2D eigenvalue weighted by atomic mass is 9.91. The van der Waals surface area contributed by atoms with Gasteiger partial charge in [-0.05, 0) is 38.8 Å². The van der Waals surface area contributed by atoms with Crippen molar-refractivity contribution in [2.75, 3.05) is 18.4 Å². The SMILES string of the molecule is CC(Nc1cc(F)c(F)cc1F)C1CCNCC1. The van der Waals surface area contributed by atoms with Crippen molar-refractivity contribution in [1.29, 1.82) is 0 Å². The molecule has 0 spiro atoms. The normalized spacial score (nSPS) is 18.7. The van der Waals surface area contributed by atoms with Crippen molar-refractivity contribution in [1.82, 2.24) is 5.32 Å². The Hall–Kier alpha value is -1.23. The van der Waals surface area contributed by atoms with Crippen LogP contribution in [-0.4, -0.2) is 19.1 Å². The van der Waals surface area contributed by atoms with Gasteiger partial charge in [0.05, 0.1) is 5.69 Å². The van der Waals surface area contributed by atoms with Crippen molar-refractivity contribution in [3.05, 3.63) is 29.6 Å². The largest absolute Gasteiger partial charge is 0.380 e. The van der Waals surface area contributed by atoms with Crippen LogP contribution in [0.15, 0.2) is 12.1 Å². The van der Waals surface area contributed by atoms with Crippen LogP contribution in [0.1, 0.15) is 19.8 Å². The highest BCUT2D eigenvalue weighted by Gasteiger charge is 2.21. The highest BCUT2D eigenvalue weighted by atomic mass is 19.2. The van der Waals surface area contributed by atoms with Crippen molar-refractivity contribution >= 4 is 5.69 Å². The molecule has 0 amide bonds. The van der Waals surface area contributed by atoms with Crippen molar-refractivity contribution < 1.29 is 13.2 Å². The van der Waals surface area contributed by atoms with E-state index in [1.54, 1.807) is 0 Å². The molecule has 0 radical (unpaired) electrons. The number of nitrogens with one attached hydrogen (secondary N) is 2. The van der Waals surface area contributed by atoms with E-state index in [9.17, 15) is 13.2 Å². The highest BCUT2D eigenvalue weighted by molar-refractivity contribution is 5.46. The lowest BCUT2D eigenvalue weighted by Crippen LogP contribution is -2.36. The van der Waals surface area contributed by atoms with Crippen LogP contribution in [-0.2, 0) is 0 Å². The summed E-state index contributed by atoms with van der Waals surface area (Å²) in [6, 6.07) is 1.49. The molecule has 0 aromatic heterocycles. The molecule has 2 N–H and O–H groups in total. The van der Waals surface area contributed by atoms with Gasteiger partial charge in [-0.1, -0.05) is 0 Å². The van der Waals surface area contributed by atoms with Crippen molar-refractivity contribution in [2.45, 2.75) is 25.8 Å². The number of rotatable bonds is 3. The standard InChI is InChI=1S/C13H17F3N2/c1-8(9-2-4-17-5-3-9)18-13-7-11(15)10(14)6-12(13)16/h6-9,17-18H,2-5H2,1H3. The van der Waals surface area contributed by atoms with Gasteiger partial charge in [-0.3, -0.25) is 0 Å². The predicted octanol–water partition coefficient (Wildman–Crippen LogP) is 2.90. The quantitative estimate of drug-likeness (QED) is 0.815. The van der Waals surface area contributed by atoms with Crippen molar-refractivity contribution in [2.24, 2.45) is 5.92 Å². The summed E-state index contributed by atoms with van der Waals surface area (Å²) in [5, 5.41) is 6.19. The van der Waals surface area contributed by atoms with Crippen LogP contribution in [0.4, 0.5) is 18.9 Å². The molecule has 2 nitrogen and oxygen atoms in total. The van der Waals surface area contributed by atoms with Gasteiger partial charge in [0.1, 0.15) is 5.82 Å². The summed E-state index contributed by atoms with van der Waals surface area (Å²) in [5.74, 6) is -2.53. The maximum Gasteiger partial charge on any atom is 0.161 e. The molecular weight excluding hydrogens is 241 g/mol. The second kappa shape index (κ2) is 5.61. The number of anilines is 1. The third-order valence-corrected chi connectivity index (χ3v) is 3.48. The summed E-state index contributed by atoms with van der Waals surface area (Å²) in [4.78, 5) is 0. The molecule has 1 aliphatic heterocycles. The zero-order valence-corrected chi connectivity index (χ0v) is 10.3. The average molecular weight is 258 g/mol. The summed E-state index contributed by atoms with van der Waals surface area (Å²) in [5.41, 5.74) is 0.0277. The zero-order valence-electron chi connectivity index (χ0n) is 10.3. The predicted molar refractivity (Wildman–Crippen MR) is 65.0 cm³/mol. The van der Waals surface area contributed by atoms with Crippen molar-refractivity contribution in [3.8, 4) is 0 Å². The fourth-order valence-corrected chi connectivity index (χ4v) is 2.34. The molecule has 18 heavy (non-hydrogen) atoms. The lowest BCUT2D eigenvalue weighted by Gasteiger charge is -2.29. The minimum Gasteiger partial charge on any atom is -0.380 e. The minimum atomic E-state index is -1.16. The van der Waals surface area contributed by atoms with Crippen LogP contribution in [0.25, 0.3) is 0 Å². The van der Waals surface area contributed by atoms with Gasteiger partial charge in [0.2, 0.25) is 0 Å². The topological polar surface area (TPSA) is 24.1 Å². The number of hydrogen-bond donors (Lipinski definition) is 2. The first-order valence-corrected chi connectivity index (χ1v) is 6.19. The van der Waals surface area contributed by atoms with Gasteiger partial charge in [0, 0.05) is 18.2 Å². The first-order valence-electron chi connectivity index (χ1n) is 6.19. The van der Waals surface area contributed by atoms with E-state index in [1.165, 1.54) is 0 Å². The van der Waals surface area contributed by atoms with E-state index in [1.807, 2.05) is 6.92 Å². The molecule has 1 unspecified atom stereocenters. The molecule has 1 atom stereocenters. The molecule has 1 aliphatic rings. The number of piperidine rings is 1. The first kappa shape index (κ1) is 13.2. The molecule has 1 fully saturated rings. The van der Waals surface area contributed by atoms with Crippen LogP contribution < -0.4 is 10.6 Å². The van der Waals surface area contributed by atoms with Crippen LogP contribution in [0, 0.1) is 23.4 Å². The molecule has 0 saturated carbocycles. The van der Waals surface area contributed by atoms with Gasteiger partial charge in [0.15, 0.2) is 11.6 Å². The molecule has 1 saturated heterocycles.